The standard InChI is InChI=1S/C22H29N5O/c1-4-7-14-27(15-8-5-2)21-20(17(16-23)22(28)24-13-6-3)25-18-11-9-10-12-19(18)26-21/h6,9-12,17H,3-5,7-8,13-15H2,1-2H3,(H,24,28)/t17-/m0/s1. The highest BCUT2D eigenvalue weighted by Crippen LogP contribution is 2.28. The first-order chi connectivity index (χ1) is 13.7. The number of benzene rings is 1. The van der Waals surface area contributed by atoms with Crippen LogP contribution in [0.3, 0.4) is 0 Å². The lowest BCUT2D eigenvalue weighted by Gasteiger charge is -2.26. The highest BCUT2D eigenvalue weighted by atomic mass is 16.1. The van der Waals surface area contributed by atoms with Gasteiger partial charge in [-0.3, -0.25) is 4.79 Å². The van der Waals surface area contributed by atoms with E-state index in [4.69, 9.17) is 9.97 Å². The fourth-order valence-electron chi connectivity index (χ4n) is 2.97. The van der Waals surface area contributed by atoms with Gasteiger partial charge < -0.3 is 10.2 Å². The highest BCUT2D eigenvalue weighted by Gasteiger charge is 2.28. The van der Waals surface area contributed by atoms with Crippen molar-refractivity contribution in [2.45, 2.75) is 45.4 Å². The number of rotatable bonds is 11. The molecule has 0 saturated heterocycles. The van der Waals surface area contributed by atoms with Gasteiger partial charge in [-0.2, -0.15) is 5.26 Å². The van der Waals surface area contributed by atoms with Crippen molar-refractivity contribution in [1.82, 2.24) is 15.3 Å². The summed E-state index contributed by atoms with van der Waals surface area (Å²) in [6, 6.07) is 9.69. The first kappa shape index (κ1) is 21.4. The third-order valence-electron chi connectivity index (χ3n) is 4.53. The maximum absolute atomic E-state index is 12.6. The van der Waals surface area contributed by atoms with E-state index in [1.807, 2.05) is 24.3 Å². The van der Waals surface area contributed by atoms with Crippen LogP contribution in [-0.2, 0) is 4.79 Å². The molecule has 1 amide bonds. The zero-order chi connectivity index (χ0) is 20.4. The number of aromatic nitrogens is 2. The summed E-state index contributed by atoms with van der Waals surface area (Å²) in [6.45, 7) is 9.85. The molecule has 1 heterocycles. The Bertz CT molecular complexity index is 834. The van der Waals surface area contributed by atoms with Crippen LogP contribution in [0.1, 0.15) is 51.1 Å². The van der Waals surface area contributed by atoms with Crippen molar-refractivity contribution in [2.75, 3.05) is 24.5 Å². The molecule has 2 aromatic rings. The van der Waals surface area contributed by atoms with Crippen molar-refractivity contribution in [2.24, 2.45) is 0 Å². The van der Waals surface area contributed by atoms with E-state index in [-0.39, 0.29) is 5.91 Å². The molecule has 0 spiro atoms. The smallest absolute Gasteiger partial charge is 0.243 e. The summed E-state index contributed by atoms with van der Waals surface area (Å²) in [5.74, 6) is -0.752. The molecule has 2 rings (SSSR count). The van der Waals surface area contributed by atoms with E-state index in [0.717, 1.165) is 44.3 Å². The Labute approximate surface area is 167 Å². The molecule has 0 saturated carbocycles. The number of hydrogen-bond donors (Lipinski definition) is 1. The largest absolute Gasteiger partial charge is 0.355 e. The maximum atomic E-state index is 12.6. The Morgan fingerprint density at radius 3 is 2.36 bits per heavy atom. The van der Waals surface area contributed by atoms with Gasteiger partial charge in [0.25, 0.3) is 0 Å². The monoisotopic (exact) mass is 379 g/mol. The van der Waals surface area contributed by atoms with Crippen LogP contribution >= 0.6 is 0 Å². The number of carbonyl (C=O) groups excluding carboxylic acids is 1. The number of nitrogens with zero attached hydrogens (tertiary/aromatic N) is 4. The van der Waals surface area contributed by atoms with E-state index >= 15 is 0 Å². The molecular weight excluding hydrogens is 350 g/mol. The number of nitrogens with one attached hydrogen (secondary N) is 1. The first-order valence-electron chi connectivity index (χ1n) is 9.96. The van der Waals surface area contributed by atoms with Gasteiger partial charge in [0.05, 0.1) is 17.1 Å². The lowest BCUT2D eigenvalue weighted by atomic mass is 10.0. The average molecular weight is 380 g/mol. The molecule has 0 radical (unpaired) electrons. The van der Waals surface area contributed by atoms with Crippen molar-refractivity contribution in [3.8, 4) is 6.07 Å². The second kappa shape index (κ2) is 11.0. The normalized spacial score (nSPS) is 11.6. The predicted octanol–water partition coefficient (Wildman–Crippen LogP) is 3.95. The Kier molecular flexibility index (Phi) is 8.41. The summed E-state index contributed by atoms with van der Waals surface area (Å²) in [6.07, 6.45) is 5.73. The molecular formula is C22H29N5O. The second-order valence-electron chi connectivity index (χ2n) is 6.71. The minimum absolute atomic E-state index is 0.308. The second-order valence-corrected chi connectivity index (χ2v) is 6.71. The van der Waals surface area contributed by atoms with Gasteiger partial charge in [-0.25, -0.2) is 9.97 Å². The molecule has 0 bridgehead atoms. The molecule has 0 aliphatic heterocycles. The first-order valence-corrected chi connectivity index (χ1v) is 9.96. The molecule has 28 heavy (non-hydrogen) atoms. The Morgan fingerprint density at radius 1 is 1.21 bits per heavy atom. The van der Waals surface area contributed by atoms with Crippen LogP contribution < -0.4 is 10.2 Å². The Balaban J connectivity index is 2.56. The molecule has 148 valence electrons. The molecule has 0 fully saturated rings. The fraction of sp³-hybridized carbons (Fsp3) is 0.455. The number of nitriles is 1. The van der Waals surface area contributed by atoms with Crippen LogP contribution in [0, 0.1) is 11.3 Å². The number of anilines is 1. The maximum Gasteiger partial charge on any atom is 0.243 e. The minimum atomic E-state index is -1.02. The van der Waals surface area contributed by atoms with Crippen LogP contribution in [0.4, 0.5) is 5.82 Å². The molecule has 1 N–H and O–H groups in total. The molecule has 0 aliphatic rings. The van der Waals surface area contributed by atoms with Crippen molar-refractivity contribution in [3.63, 3.8) is 0 Å². The molecule has 1 aromatic heterocycles. The number of carbonyl (C=O) groups is 1. The minimum Gasteiger partial charge on any atom is -0.355 e. The van der Waals surface area contributed by atoms with Crippen molar-refractivity contribution in [1.29, 1.82) is 5.26 Å². The number of unbranched alkanes of at least 4 members (excludes halogenated alkanes) is 2. The topological polar surface area (TPSA) is 81.9 Å². The fourth-order valence-corrected chi connectivity index (χ4v) is 2.97. The predicted molar refractivity (Wildman–Crippen MR) is 113 cm³/mol. The van der Waals surface area contributed by atoms with E-state index in [1.165, 1.54) is 0 Å². The van der Waals surface area contributed by atoms with Gasteiger partial charge in [0.1, 0.15) is 5.69 Å². The van der Waals surface area contributed by atoms with Crippen LogP contribution in [-0.4, -0.2) is 35.5 Å². The lowest BCUT2D eigenvalue weighted by Crippen LogP contribution is -2.33. The lowest BCUT2D eigenvalue weighted by molar-refractivity contribution is -0.121. The Hall–Kier alpha value is -2.94. The zero-order valence-corrected chi connectivity index (χ0v) is 16.8. The van der Waals surface area contributed by atoms with Gasteiger partial charge in [0.15, 0.2) is 11.7 Å². The number of fused-ring (bicyclic) bond motifs is 1. The molecule has 6 nitrogen and oxygen atoms in total. The van der Waals surface area contributed by atoms with Crippen LogP contribution in [0.15, 0.2) is 36.9 Å². The van der Waals surface area contributed by atoms with Crippen LogP contribution in [0.2, 0.25) is 0 Å². The third-order valence-corrected chi connectivity index (χ3v) is 4.53. The highest BCUT2D eigenvalue weighted by molar-refractivity contribution is 5.88. The van der Waals surface area contributed by atoms with Gasteiger partial charge in [0.2, 0.25) is 5.91 Å². The number of amides is 1. The van der Waals surface area contributed by atoms with Gasteiger partial charge in [-0.1, -0.05) is 44.9 Å². The summed E-state index contributed by atoms with van der Waals surface area (Å²) >= 11 is 0. The van der Waals surface area contributed by atoms with Gasteiger partial charge in [-0.05, 0) is 25.0 Å². The average Bonchev–Trinajstić information content (AvgIpc) is 2.72. The Morgan fingerprint density at radius 2 is 1.82 bits per heavy atom. The SMILES string of the molecule is C=CCNC(=O)[C@@H](C#N)c1nc2ccccc2nc1N(CCCC)CCCC. The van der Waals surface area contributed by atoms with Crippen LogP contribution in [0.5, 0.6) is 0 Å². The summed E-state index contributed by atoms with van der Waals surface area (Å²) in [7, 11) is 0. The van der Waals surface area contributed by atoms with E-state index < -0.39 is 5.92 Å². The molecule has 1 aromatic carbocycles. The summed E-state index contributed by atoms with van der Waals surface area (Å²) in [4.78, 5) is 24.3. The van der Waals surface area contributed by atoms with Crippen LogP contribution in [0.25, 0.3) is 11.0 Å². The number of hydrogen-bond acceptors (Lipinski definition) is 5. The van der Waals surface area contributed by atoms with E-state index in [9.17, 15) is 10.1 Å². The van der Waals surface area contributed by atoms with Crippen molar-refractivity contribution < 1.29 is 4.79 Å². The molecule has 0 aliphatic carbocycles. The van der Waals surface area contributed by atoms with Gasteiger partial charge in [-0.15, -0.1) is 6.58 Å². The summed E-state index contributed by atoms with van der Waals surface area (Å²) in [5, 5.41) is 12.5. The van der Waals surface area contributed by atoms with Gasteiger partial charge >= 0.3 is 0 Å². The van der Waals surface area contributed by atoms with Crippen molar-refractivity contribution in [3.05, 3.63) is 42.6 Å². The molecule has 0 unspecified atom stereocenters. The summed E-state index contributed by atoms with van der Waals surface area (Å²) < 4.78 is 0. The van der Waals surface area contributed by atoms with Gasteiger partial charge in [0, 0.05) is 19.6 Å². The van der Waals surface area contributed by atoms with E-state index in [1.54, 1.807) is 6.08 Å². The van der Waals surface area contributed by atoms with Crippen molar-refractivity contribution >= 4 is 22.8 Å². The summed E-state index contributed by atoms with van der Waals surface area (Å²) in [5.41, 5.74) is 1.88. The molecule has 1 atom stereocenters. The van der Waals surface area contributed by atoms with E-state index in [0.29, 0.717) is 23.6 Å². The number of para-hydroxylation sites is 2. The molecule has 6 heteroatoms. The zero-order valence-electron chi connectivity index (χ0n) is 16.8. The quantitative estimate of drug-likeness (QED) is 0.598. The third kappa shape index (κ3) is 5.29. The van der Waals surface area contributed by atoms with E-state index in [2.05, 4.69) is 36.7 Å².